The van der Waals surface area contributed by atoms with Gasteiger partial charge in [-0.25, -0.2) is 0 Å². The van der Waals surface area contributed by atoms with Crippen LogP contribution in [0.2, 0.25) is 0 Å². The summed E-state index contributed by atoms with van der Waals surface area (Å²) in [5.74, 6) is 0. The van der Waals surface area contributed by atoms with Crippen LogP contribution in [0.3, 0.4) is 0 Å². The van der Waals surface area contributed by atoms with Gasteiger partial charge in [0.25, 0.3) is 0 Å². The van der Waals surface area contributed by atoms with Gasteiger partial charge < -0.3 is 13.5 Å². The quantitative estimate of drug-likeness (QED) is 0.209. The summed E-state index contributed by atoms with van der Waals surface area (Å²) in [5, 5.41) is 10.4. The number of nitrogens with zero attached hydrogens (tertiary/aromatic N) is 3. The van der Waals surface area contributed by atoms with Gasteiger partial charge in [0.05, 0.1) is 38.6 Å². The largest absolute Gasteiger partial charge is 0.342 e. The number of aromatic nitrogens is 3. The monoisotopic (exact) mass is 509 g/mol. The summed E-state index contributed by atoms with van der Waals surface area (Å²) in [5.41, 5.74) is 10.0. The molecule has 0 aliphatic carbocycles. The zero-order valence-electron chi connectivity index (χ0n) is 21.9. The summed E-state index contributed by atoms with van der Waals surface area (Å²) < 4.78 is 7.40. The van der Waals surface area contributed by atoms with Crippen LogP contribution in [0.4, 0.5) is 0 Å². The maximum atomic E-state index is 2.51. The minimum absolute atomic E-state index is 1.18. The van der Waals surface area contributed by atoms with Crippen LogP contribution in [0.5, 0.6) is 0 Å². The molecule has 6 aromatic carbocycles. The van der Waals surface area contributed by atoms with Gasteiger partial charge in [0.2, 0.25) is 0 Å². The topological polar surface area (TPSA) is 14.3 Å². The molecule has 0 saturated carbocycles. The van der Waals surface area contributed by atoms with Crippen molar-refractivity contribution < 1.29 is 0 Å². The molecule has 4 heterocycles. The van der Waals surface area contributed by atoms with Crippen molar-refractivity contribution in [2.75, 3.05) is 0 Å². The molecule has 186 valence electrons. The number of hydrogen-bond donors (Lipinski definition) is 0. The average molecular weight is 510 g/mol. The molecule has 10 aromatic rings. The Balaban J connectivity index is 1.62. The van der Waals surface area contributed by atoms with Gasteiger partial charge in [-0.05, 0) is 47.9 Å². The fraction of sp³-hybridized carbons (Fsp3) is 0.0270. The highest BCUT2D eigenvalue weighted by Crippen LogP contribution is 2.47. The van der Waals surface area contributed by atoms with Crippen molar-refractivity contribution in [2.24, 2.45) is 7.05 Å². The molecule has 0 saturated heterocycles. The second-order valence-electron chi connectivity index (χ2n) is 11.0. The van der Waals surface area contributed by atoms with Crippen LogP contribution in [0.15, 0.2) is 121 Å². The summed E-state index contributed by atoms with van der Waals surface area (Å²) in [6.45, 7) is 0. The average Bonchev–Trinajstić information content (AvgIpc) is 3.60. The Kier molecular flexibility index (Phi) is 3.62. The predicted octanol–water partition coefficient (Wildman–Crippen LogP) is 9.58. The van der Waals surface area contributed by atoms with Crippen LogP contribution in [0.25, 0.3) is 87.4 Å². The maximum Gasteiger partial charge on any atom is 0.0785 e. The van der Waals surface area contributed by atoms with E-state index in [4.69, 9.17) is 0 Å². The van der Waals surface area contributed by atoms with E-state index >= 15 is 0 Å². The molecule has 0 aliphatic rings. The molecule has 0 atom stereocenters. The number of benzene rings is 6. The van der Waals surface area contributed by atoms with Crippen molar-refractivity contribution in [1.82, 2.24) is 13.5 Å². The standard InChI is InChI=1S/C37H23N3/c1-38-31-19-10-20-32-34(31)33-27(26-16-9-15-25-23-13-5-8-18-30(23)40(32)35(25)26)21-28-24-14-6-7-17-29(24)39(36(28)37(33)38)22-11-3-2-4-12-22/h2-21H,1H3. The van der Waals surface area contributed by atoms with Crippen LogP contribution in [0.1, 0.15) is 0 Å². The first-order valence-electron chi connectivity index (χ1n) is 13.9. The molecule has 0 spiro atoms. The lowest BCUT2D eigenvalue weighted by molar-refractivity contribution is 1.01. The number of rotatable bonds is 1. The van der Waals surface area contributed by atoms with Crippen LogP contribution in [-0.4, -0.2) is 13.5 Å². The van der Waals surface area contributed by atoms with Gasteiger partial charge in [-0.3, -0.25) is 0 Å². The molecule has 0 unspecified atom stereocenters. The van der Waals surface area contributed by atoms with Crippen molar-refractivity contribution in [3.05, 3.63) is 121 Å². The highest BCUT2D eigenvalue weighted by atomic mass is 15.0. The minimum atomic E-state index is 1.18. The lowest BCUT2D eigenvalue weighted by atomic mass is 10.0. The molecule has 40 heavy (non-hydrogen) atoms. The fourth-order valence-corrected chi connectivity index (χ4v) is 7.60. The molecule has 10 rings (SSSR count). The number of aryl methyl sites for hydroxylation is 1. The normalized spacial score (nSPS) is 12.6. The van der Waals surface area contributed by atoms with Crippen LogP contribution in [-0.2, 0) is 7.05 Å². The third kappa shape index (κ3) is 2.26. The second-order valence-corrected chi connectivity index (χ2v) is 11.0. The summed E-state index contributed by atoms with van der Waals surface area (Å²) >= 11 is 0. The smallest absolute Gasteiger partial charge is 0.0785 e. The van der Waals surface area contributed by atoms with E-state index in [2.05, 4.69) is 142 Å². The van der Waals surface area contributed by atoms with Crippen LogP contribution in [0, 0.1) is 0 Å². The Morgan fingerprint density at radius 2 is 1.00 bits per heavy atom. The molecule has 0 bridgehead atoms. The molecule has 0 radical (unpaired) electrons. The number of fused-ring (bicyclic) bond motifs is 9. The van der Waals surface area contributed by atoms with Crippen LogP contribution < -0.4 is 0 Å². The van der Waals surface area contributed by atoms with Gasteiger partial charge in [0.15, 0.2) is 0 Å². The lowest BCUT2D eigenvalue weighted by Crippen LogP contribution is -1.96. The fourth-order valence-electron chi connectivity index (χ4n) is 7.60. The van der Waals surface area contributed by atoms with E-state index in [1.54, 1.807) is 0 Å². The van der Waals surface area contributed by atoms with Crippen molar-refractivity contribution in [3.63, 3.8) is 0 Å². The highest BCUT2D eigenvalue weighted by Gasteiger charge is 2.24. The Morgan fingerprint density at radius 3 is 1.82 bits per heavy atom. The second kappa shape index (κ2) is 7.02. The predicted molar refractivity (Wildman–Crippen MR) is 169 cm³/mol. The summed E-state index contributed by atoms with van der Waals surface area (Å²) in [6.07, 6.45) is 0. The minimum Gasteiger partial charge on any atom is -0.342 e. The molecular formula is C37H23N3. The van der Waals surface area contributed by atoms with E-state index in [0.29, 0.717) is 0 Å². The Hall–Kier alpha value is -5.28. The highest BCUT2D eigenvalue weighted by molar-refractivity contribution is 6.36. The molecule has 3 heteroatoms. The van der Waals surface area contributed by atoms with Gasteiger partial charge in [-0.1, -0.05) is 78.9 Å². The van der Waals surface area contributed by atoms with Gasteiger partial charge >= 0.3 is 0 Å². The first-order chi connectivity index (χ1) is 19.8. The maximum absolute atomic E-state index is 2.51. The lowest BCUT2D eigenvalue weighted by Gasteiger charge is -2.10. The molecular weight excluding hydrogens is 486 g/mol. The molecule has 0 N–H and O–H groups in total. The van der Waals surface area contributed by atoms with E-state index in [-0.39, 0.29) is 0 Å². The van der Waals surface area contributed by atoms with E-state index in [1.807, 2.05) is 0 Å². The molecule has 3 nitrogen and oxygen atoms in total. The zero-order chi connectivity index (χ0) is 26.1. The van der Waals surface area contributed by atoms with Gasteiger partial charge in [-0.2, -0.15) is 0 Å². The van der Waals surface area contributed by atoms with E-state index in [9.17, 15) is 0 Å². The van der Waals surface area contributed by atoms with Crippen molar-refractivity contribution in [1.29, 1.82) is 0 Å². The third-order valence-electron chi connectivity index (χ3n) is 9.14. The summed E-state index contributed by atoms with van der Waals surface area (Å²) in [6, 6.07) is 44.6. The first kappa shape index (κ1) is 20.7. The van der Waals surface area contributed by atoms with Gasteiger partial charge in [0, 0.05) is 50.4 Å². The zero-order valence-corrected chi connectivity index (χ0v) is 21.9. The SMILES string of the molecule is Cn1c2cccc3c2c2c(cc4c5ccccc5n(-c5ccccc5)c4c21)c1cccc2c4ccccc4n3c12. The third-order valence-corrected chi connectivity index (χ3v) is 9.14. The molecule has 0 amide bonds. The van der Waals surface area contributed by atoms with Crippen molar-refractivity contribution in [3.8, 4) is 5.69 Å². The van der Waals surface area contributed by atoms with Gasteiger partial charge in [0.1, 0.15) is 0 Å². The van der Waals surface area contributed by atoms with E-state index in [0.717, 1.165) is 0 Å². The molecule has 4 aromatic heterocycles. The van der Waals surface area contributed by atoms with Gasteiger partial charge in [-0.15, -0.1) is 0 Å². The Morgan fingerprint density at radius 1 is 0.400 bits per heavy atom. The summed E-state index contributed by atoms with van der Waals surface area (Å²) in [7, 11) is 2.24. The molecule has 0 aliphatic heterocycles. The summed E-state index contributed by atoms with van der Waals surface area (Å²) in [4.78, 5) is 0. The molecule has 0 fully saturated rings. The van der Waals surface area contributed by atoms with E-state index < -0.39 is 0 Å². The van der Waals surface area contributed by atoms with Crippen molar-refractivity contribution in [2.45, 2.75) is 0 Å². The Bertz CT molecular complexity index is 2650. The van der Waals surface area contributed by atoms with Crippen molar-refractivity contribution >= 4 is 81.7 Å². The number of hydrogen-bond acceptors (Lipinski definition) is 0. The van der Waals surface area contributed by atoms with E-state index in [1.165, 1.54) is 87.4 Å². The Labute approximate surface area is 229 Å². The first-order valence-corrected chi connectivity index (χ1v) is 13.9. The number of para-hydroxylation sites is 4. The van der Waals surface area contributed by atoms with Crippen LogP contribution >= 0.6 is 0 Å².